The maximum atomic E-state index is 14.9. The van der Waals surface area contributed by atoms with Crippen molar-refractivity contribution in [1.82, 2.24) is 42.1 Å². The van der Waals surface area contributed by atoms with E-state index in [0.717, 1.165) is 16.7 Å². The fourth-order valence-corrected chi connectivity index (χ4v) is 10.1. The van der Waals surface area contributed by atoms with Crippen LogP contribution in [0.2, 0.25) is 0 Å². The van der Waals surface area contributed by atoms with Crippen LogP contribution in [-0.4, -0.2) is 139 Å². The number of nitrogens with one attached hydrogen (secondary N) is 7. The first-order valence-corrected chi connectivity index (χ1v) is 29.5. The third-order valence-electron chi connectivity index (χ3n) is 14.8. The third-order valence-corrected chi connectivity index (χ3v) is 14.8. The molecule has 0 spiro atoms. The van der Waals surface area contributed by atoms with E-state index in [1.165, 1.54) is 0 Å². The van der Waals surface area contributed by atoms with Crippen molar-refractivity contribution >= 4 is 47.1 Å². The Morgan fingerprint density at radius 3 is 1.13 bits per heavy atom. The number of aryl methyl sites for hydroxylation is 2. The van der Waals surface area contributed by atoms with E-state index in [-0.39, 0.29) is 81.1 Å². The van der Waals surface area contributed by atoms with Crippen LogP contribution in [0.4, 0.5) is 0 Å². The van der Waals surface area contributed by atoms with Gasteiger partial charge in [0.1, 0.15) is 41.9 Å². The summed E-state index contributed by atoms with van der Waals surface area (Å²) >= 11 is 0. The molecular formula is C65H88N8O10. The van der Waals surface area contributed by atoms with Crippen LogP contribution in [0, 0.1) is 17.8 Å². The number of benzene rings is 4. The Balaban J connectivity index is 1.24. The van der Waals surface area contributed by atoms with Crippen LogP contribution < -0.4 is 37.2 Å². The topological polar surface area (TPSA) is 246 Å². The average molecular weight is 1140 g/mol. The Labute approximate surface area is 490 Å². The van der Waals surface area contributed by atoms with Crippen molar-refractivity contribution in [3.8, 4) is 0 Å². The molecule has 83 heavy (non-hydrogen) atoms. The Morgan fingerprint density at radius 1 is 0.434 bits per heavy atom. The SMILES string of the molecule is CC(C)C[C@H](NC(=O)[C@H](CCc1ccccc1)NC(=O)CN1CCOCC1)C(=O)N[C@@H](Cc1ccccc1)C(=O)N[C@@H](CCc1ccccc1)C(=O)N[C@@H](CC(C)C)C(=O)N[C@@H](Cc1ccccc1)C(=O)N[C@@H](CC(C)C)C(=O)[C@@]1(C)CO1. The van der Waals surface area contributed by atoms with Crippen molar-refractivity contribution in [2.24, 2.45) is 17.8 Å². The number of ketones is 1. The molecule has 0 unspecified atom stereocenters. The van der Waals surface area contributed by atoms with Crippen LogP contribution in [0.15, 0.2) is 121 Å². The molecule has 0 saturated carbocycles. The van der Waals surface area contributed by atoms with E-state index in [9.17, 15) is 38.4 Å². The molecule has 18 heteroatoms. The maximum absolute atomic E-state index is 14.9. The summed E-state index contributed by atoms with van der Waals surface area (Å²) in [7, 11) is 0. The molecule has 4 aromatic rings. The average Bonchev–Trinajstić information content (AvgIpc) is 4.04. The molecule has 0 aromatic heterocycles. The van der Waals surface area contributed by atoms with Gasteiger partial charge in [-0.1, -0.05) is 163 Å². The van der Waals surface area contributed by atoms with Gasteiger partial charge >= 0.3 is 0 Å². The van der Waals surface area contributed by atoms with Gasteiger partial charge in [0, 0.05) is 25.9 Å². The van der Waals surface area contributed by atoms with Gasteiger partial charge in [-0.3, -0.25) is 43.3 Å². The number of amides is 7. The molecule has 0 aliphatic carbocycles. The highest BCUT2D eigenvalue weighted by Crippen LogP contribution is 2.30. The monoisotopic (exact) mass is 1140 g/mol. The van der Waals surface area contributed by atoms with Gasteiger partial charge in [-0.05, 0) is 91.9 Å². The van der Waals surface area contributed by atoms with Crippen LogP contribution in [0.1, 0.15) is 103 Å². The minimum absolute atomic E-state index is 0.0181. The lowest BCUT2D eigenvalue weighted by Gasteiger charge is -2.29. The van der Waals surface area contributed by atoms with Gasteiger partial charge < -0.3 is 46.7 Å². The van der Waals surface area contributed by atoms with E-state index in [1.54, 1.807) is 6.92 Å². The summed E-state index contributed by atoms with van der Waals surface area (Å²) in [6.45, 7) is 15.7. The van der Waals surface area contributed by atoms with Gasteiger partial charge in [0.05, 0.1) is 32.4 Å². The summed E-state index contributed by atoms with van der Waals surface area (Å²) < 4.78 is 10.9. The second-order valence-electron chi connectivity index (χ2n) is 23.6. The Kier molecular flexibility index (Phi) is 25.4. The summed E-state index contributed by atoms with van der Waals surface area (Å²) in [6, 6.07) is 29.5. The molecule has 18 nitrogen and oxygen atoms in total. The molecule has 2 aliphatic rings. The number of rotatable bonds is 33. The molecule has 4 aromatic carbocycles. The molecular weight excluding hydrogens is 1050 g/mol. The Hall–Kier alpha value is -7.28. The van der Waals surface area contributed by atoms with E-state index >= 15 is 0 Å². The second kappa shape index (κ2) is 32.5. The standard InChI is InChI=1S/C65H88N8O10/c1-43(2)36-52(58(75)65(7)42-83-65)68-64(81)56(40-49-26-18-11-19-27-49)72-62(79)54(38-45(5)6)70-60(77)51(31-29-47-22-14-9-15-23-47)67-63(80)55(39-48-24-16-10-17-25-48)71-61(78)53(37-44(3)4)69-59(76)50(30-28-46-20-12-8-13-21-46)66-57(74)41-73-32-34-82-35-33-73/h8-27,43-45,50-56H,28-42H2,1-7H3,(H,66,74)(H,67,80)(H,68,81)(H,69,76)(H,70,77)(H,71,78)(H,72,79)/t50-,51-,52-,53-,54-,55-,56-,65+/m0/s1. The fourth-order valence-electron chi connectivity index (χ4n) is 10.1. The Bertz CT molecular complexity index is 2720. The van der Waals surface area contributed by atoms with Crippen LogP contribution in [0.3, 0.4) is 0 Å². The number of morpholine rings is 1. The van der Waals surface area contributed by atoms with Crippen molar-refractivity contribution in [1.29, 1.82) is 0 Å². The quantitative estimate of drug-likeness (QED) is 0.0315. The van der Waals surface area contributed by atoms with Crippen LogP contribution in [0.25, 0.3) is 0 Å². The predicted octanol–water partition coefficient (Wildman–Crippen LogP) is 4.96. The highest BCUT2D eigenvalue weighted by Gasteiger charge is 2.50. The molecule has 8 atom stereocenters. The van der Waals surface area contributed by atoms with Gasteiger partial charge in [0.25, 0.3) is 0 Å². The van der Waals surface area contributed by atoms with E-state index in [0.29, 0.717) is 51.1 Å². The number of carbonyl (C=O) groups excluding carboxylic acids is 8. The van der Waals surface area contributed by atoms with E-state index in [4.69, 9.17) is 9.47 Å². The van der Waals surface area contributed by atoms with E-state index in [1.807, 2.05) is 168 Å². The summed E-state index contributed by atoms with van der Waals surface area (Å²) in [5.41, 5.74) is 2.34. The normalized spacial score (nSPS) is 17.6. The number of ether oxygens (including phenoxy) is 2. The van der Waals surface area contributed by atoms with Crippen molar-refractivity contribution in [3.63, 3.8) is 0 Å². The van der Waals surface area contributed by atoms with Crippen molar-refractivity contribution in [3.05, 3.63) is 144 Å². The zero-order valence-electron chi connectivity index (χ0n) is 49.5. The minimum Gasteiger partial charge on any atom is -0.379 e. The molecule has 7 N–H and O–H groups in total. The first-order chi connectivity index (χ1) is 39.7. The number of carbonyl (C=O) groups is 8. The third kappa shape index (κ3) is 22.1. The lowest BCUT2D eigenvalue weighted by Crippen LogP contribution is -2.61. The lowest BCUT2D eigenvalue weighted by atomic mass is 9.93. The highest BCUT2D eigenvalue weighted by atomic mass is 16.6. The molecule has 448 valence electrons. The molecule has 6 rings (SSSR count). The van der Waals surface area contributed by atoms with Crippen molar-refractivity contribution < 1.29 is 47.8 Å². The first kappa shape index (κ1) is 64.9. The van der Waals surface area contributed by atoms with Gasteiger partial charge in [0.2, 0.25) is 41.4 Å². The van der Waals surface area contributed by atoms with Crippen molar-refractivity contribution in [2.45, 2.75) is 154 Å². The highest BCUT2D eigenvalue weighted by molar-refractivity contribution is 5.99. The van der Waals surface area contributed by atoms with Crippen molar-refractivity contribution in [2.75, 3.05) is 39.5 Å². The zero-order chi connectivity index (χ0) is 59.9. The molecule has 0 radical (unpaired) electrons. The number of hydrogen-bond acceptors (Lipinski definition) is 11. The number of nitrogens with zero attached hydrogens (tertiary/aromatic N) is 1. The van der Waals surface area contributed by atoms with Crippen LogP contribution in [-0.2, 0) is 73.5 Å². The van der Waals surface area contributed by atoms with Crippen LogP contribution in [0.5, 0.6) is 0 Å². The number of epoxide rings is 1. The van der Waals surface area contributed by atoms with Gasteiger partial charge in [-0.2, -0.15) is 0 Å². The summed E-state index contributed by atoms with van der Waals surface area (Å²) in [5, 5.41) is 20.5. The van der Waals surface area contributed by atoms with E-state index < -0.39 is 83.3 Å². The largest absolute Gasteiger partial charge is 0.379 e. The zero-order valence-corrected chi connectivity index (χ0v) is 49.5. The van der Waals surface area contributed by atoms with Crippen LogP contribution >= 0.6 is 0 Å². The summed E-state index contributed by atoms with van der Waals surface area (Å²) in [6.07, 6.45) is 2.02. The predicted molar refractivity (Wildman–Crippen MR) is 318 cm³/mol. The molecule has 2 heterocycles. The molecule has 2 fully saturated rings. The molecule has 7 amide bonds. The second-order valence-corrected chi connectivity index (χ2v) is 23.6. The summed E-state index contributed by atoms with van der Waals surface area (Å²) in [5.74, 6) is -4.45. The Morgan fingerprint density at radius 2 is 0.747 bits per heavy atom. The smallest absolute Gasteiger partial charge is 0.243 e. The fraction of sp³-hybridized carbons (Fsp3) is 0.508. The number of Topliss-reactive ketones (excluding diaryl/α,β-unsaturated/α-hetero) is 1. The van der Waals surface area contributed by atoms with Gasteiger partial charge in [-0.15, -0.1) is 0 Å². The minimum atomic E-state index is -1.25. The van der Waals surface area contributed by atoms with E-state index in [2.05, 4.69) is 37.2 Å². The number of hydrogen-bond donors (Lipinski definition) is 7. The van der Waals surface area contributed by atoms with Gasteiger partial charge in [0.15, 0.2) is 5.78 Å². The maximum Gasteiger partial charge on any atom is 0.243 e. The lowest BCUT2D eigenvalue weighted by molar-refractivity contribution is -0.136. The first-order valence-electron chi connectivity index (χ1n) is 29.5. The molecule has 2 saturated heterocycles. The molecule has 0 bridgehead atoms. The van der Waals surface area contributed by atoms with Gasteiger partial charge in [-0.25, -0.2) is 0 Å². The summed E-state index contributed by atoms with van der Waals surface area (Å²) in [4.78, 5) is 117. The molecule has 2 aliphatic heterocycles.